The Labute approximate surface area is 193 Å². The van der Waals surface area contributed by atoms with Gasteiger partial charge in [0.25, 0.3) is 17.7 Å². The summed E-state index contributed by atoms with van der Waals surface area (Å²) in [5.74, 6) is -2.60. The summed E-state index contributed by atoms with van der Waals surface area (Å²) in [4.78, 5) is 41.0. The quantitative estimate of drug-likeness (QED) is 0.414. The maximum atomic E-state index is 13.2. The Morgan fingerprint density at radius 2 is 1.64 bits per heavy atom. The first-order chi connectivity index (χ1) is 15.5. The van der Waals surface area contributed by atoms with Crippen molar-refractivity contribution >= 4 is 40.7 Å². The Balaban J connectivity index is 1.63. The predicted octanol–water partition coefficient (Wildman–Crippen LogP) is 3.44. The minimum absolute atomic E-state index is 0.0155. The molecule has 11 heteroatoms. The Hall–Kier alpha value is -3.76. The summed E-state index contributed by atoms with van der Waals surface area (Å²) in [6, 6.07) is 9.61. The second-order valence-electron chi connectivity index (χ2n) is 7.81. The molecule has 1 heterocycles. The van der Waals surface area contributed by atoms with Gasteiger partial charge in [0.1, 0.15) is 5.82 Å². The minimum atomic E-state index is -0.681. The van der Waals surface area contributed by atoms with E-state index in [-0.39, 0.29) is 28.6 Å². The highest BCUT2D eigenvalue weighted by atomic mass is 35.5. The Morgan fingerprint density at radius 3 is 2.21 bits per heavy atom. The van der Waals surface area contributed by atoms with Gasteiger partial charge >= 0.3 is 0 Å². The molecule has 0 aliphatic carbocycles. The average molecular weight is 474 g/mol. The van der Waals surface area contributed by atoms with E-state index in [0.717, 1.165) is 18.5 Å². The summed E-state index contributed by atoms with van der Waals surface area (Å²) in [6.45, 7) is 3.66. The highest BCUT2D eigenvalue weighted by Crippen LogP contribution is 2.20. The van der Waals surface area contributed by atoms with Gasteiger partial charge in [0.05, 0.1) is 10.6 Å². The third-order valence-electron chi connectivity index (χ3n) is 4.27. The lowest BCUT2D eigenvalue weighted by Gasteiger charge is -2.18. The van der Waals surface area contributed by atoms with E-state index in [0.29, 0.717) is 11.4 Å². The fourth-order valence-corrected chi connectivity index (χ4v) is 2.91. The van der Waals surface area contributed by atoms with E-state index < -0.39 is 29.1 Å². The van der Waals surface area contributed by atoms with Crippen molar-refractivity contribution in [2.45, 2.75) is 19.4 Å². The van der Waals surface area contributed by atoms with E-state index in [1.54, 1.807) is 26.0 Å². The number of oxazole rings is 1. The van der Waals surface area contributed by atoms with Crippen molar-refractivity contribution in [3.8, 4) is 0 Å². The third kappa shape index (κ3) is 6.37. The van der Waals surface area contributed by atoms with Crippen LogP contribution in [0.3, 0.4) is 0 Å². The van der Waals surface area contributed by atoms with Crippen molar-refractivity contribution in [2.24, 2.45) is 5.73 Å². The number of hydrogen-bond acceptors (Lipinski definition) is 6. The Kier molecular flexibility index (Phi) is 7.10. The molecule has 3 amide bonds. The molecule has 3 rings (SSSR count). The average Bonchev–Trinajstić information content (AvgIpc) is 3.23. The zero-order valence-corrected chi connectivity index (χ0v) is 18.5. The molecule has 0 radical (unpaired) electrons. The van der Waals surface area contributed by atoms with E-state index in [9.17, 15) is 18.8 Å². The van der Waals surface area contributed by atoms with Crippen LogP contribution in [0.4, 0.5) is 15.8 Å². The fourth-order valence-electron chi connectivity index (χ4n) is 2.66. The SMILES string of the molecule is CC(C)(N)CNC(=O)c1ncoc1C(=O)Nc1ccc(NC(=O)c2ccc(F)cc2Cl)cc1. The number of carbonyl (C=O) groups is 3. The van der Waals surface area contributed by atoms with Crippen LogP contribution < -0.4 is 21.7 Å². The largest absolute Gasteiger partial charge is 0.437 e. The highest BCUT2D eigenvalue weighted by molar-refractivity contribution is 6.34. The van der Waals surface area contributed by atoms with Crippen LogP contribution in [0.2, 0.25) is 5.02 Å². The molecule has 0 fully saturated rings. The first-order valence-corrected chi connectivity index (χ1v) is 10.1. The normalized spacial score (nSPS) is 11.1. The van der Waals surface area contributed by atoms with Gasteiger partial charge in [-0.2, -0.15) is 0 Å². The molecule has 0 spiro atoms. The molecular weight excluding hydrogens is 453 g/mol. The number of nitrogens with one attached hydrogen (secondary N) is 3. The topological polar surface area (TPSA) is 139 Å². The van der Waals surface area contributed by atoms with E-state index >= 15 is 0 Å². The second kappa shape index (κ2) is 9.80. The molecule has 0 saturated heterocycles. The molecule has 0 unspecified atom stereocenters. The predicted molar refractivity (Wildman–Crippen MR) is 121 cm³/mol. The lowest BCUT2D eigenvalue weighted by atomic mass is 10.1. The molecule has 5 N–H and O–H groups in total. The van der Waals surface area contributed by atoms with Gasteiger partial charge in [-0.1, -0.05) is 11.6 Å². The van der Waals surface area contributed by atoms with Crippen molar-refractivity contribution in [1.29, 1.82) is 0 Å². The van der Waals surface area contributed by atoms with Crippen molar-refractivity contribution in [2.75, 3.05) is 17.2 Å². The molecule has 0 saturated carbocycles. The molecule has 2 aromatic carbocycles. The summed E-state index contributed by atoms with van der Waals surface area (Å²) in [5.41, 5.74) is 5.95. The maximum Gasteiger partial charge on any atom is 0.293 e. The summed E-state index contributed by atoms with van der Waals surface area (Å²) in [5, 5.41) is 7.79. The molecule has 172 valence electrons. The van der Waals surface area contributed by atoms with Crippen LogP contribution in [0.25, 0.3) is 0 Å². The van der Waals surface area contributed by atoms with Crippen LogP contribution in [-0.4, -0.2) is 34.8 Å². The van der Waals surface area contributed by atoms with Crippen molar-refractivity contribution in [3.63, 3.8) is 0 Å². The monoisotopic (exact) mass is 473 g/mol. The fraction of sp³-hybridized carbons (Fsp3) is 0.182. The molecule has 0 aliphatic heterocycles. The zero-order valence-electron chi connectivity index (χ0n) is 17.7. The van der Waals surface area contributed by atoms with Crippen molar-refractivity contribution < 1.29 is 23.2 Å². The van der Waals surface area contributed by atoms with Gasteiger partial charge in [0.2, 0.25) is 5.76 Å². The van der Waals surface area contributed by atoms with E-state index in [1.165, 1.54) is 18.2 Å². The van der Waals surface area contributed by atoms with E-state index in [2.05, 4.69) is 20.9 Å². The lowest BCUT2D eigenvalue weighted by molar-refractivity contribution is 0.0922. The highest BCUT2D eigenvalue weighted by Gasteiger charge is 2.24. The number of anilines is 2. The first kappa shape index (κ1) is 23.9. The zero-order chi connectivity index (χ0) is 24.2. The van der Waals surface area contributed by atoms with Gasteiger partial charge in [0.15, 0.2) is 12.1 Å². The third-order valence-corrected chi connectivity index (χ3v) is 4.58. The number of benzene rings is 2. The van der Waals surface area contributed by atoms with Gasteiger partial charge in [-0.25, -0.2) is 9.37 Å². The van der Waals surface area contributed by atoms with Crippen LogP contribution in [0.1, 0.15) is 45.2 Å². The molecule has 9 nitrogen and oxygen atoms in total. The maximum absolute atomic E-state index is 13.2. The van der Waals surface area contributed by atoms with Crippen LogP contribution in [0, 0.1) is 5.82 Å². The number of aromatic nitrogens is 1. The summed E-state index contributed by atoms with van der Waals surface area (Å²) < 4.78 is 18.2. The molecule has 0 atom stereocenters. The van der Waals surface area contributed by atoms with Crippen molar-refractivity contribution in [1.82, 2.24) is 10.3 Å². The number of nitrogens with zero attached hydrogens (tertiary/aromatic N) is 1. The first-order valence-electron chi connectivity index (χ1n) is 9.72. The summed E-state index contributed by atoms with van der Waals surface area (Å²) in [7, 11) is 0. The molecular formula is C22H21ClFN5O4. The van der Waals surface area contributed by atoms with Gasteiger partial charge in [-0.15, -0.1) is 0 Å². The van der Waals surface area contributed by atoms with Crippen molar-refractivity contribution in [3.05, 3.63) is 76.7 Å². The molecule has 33 heavy (non-hydrogen) atoms. The molecule has 1 aromatic heterocycles. The second-order valence-corrected chi connectivity index (χ2v) is 8.22. The summed E-state index contributed by atoms with van der Waals surface area (Å²) >= 11 is 5.90. The van der Waals surface area contributed by atoms with Gasteiger partial charge in [0, 0.05) is 23.5 Å². The van der Waals surface area contributed by atoms with Gasteiger partial charge < -0.3 is 26.1 Å². The number of carbonyl (C=O) groups excluding carboxylic acids is 3. The van der Waals surface area contributed by atoms with Gasteiger partial charge in [-0.3, -0.25) is 14.4 Å². The standard InChI is InChI=1S/C22H21ClFN5O4/c1-22(2,25)10-26-20(31)17-18(33-11-27-17)21(32)29-14-6-4-13(5-7-14)28-19(30)15-8-3-12(24)9-16(15)23/h3-9,11H,10,25H2,1-2H3,(H,26,31)(H,28,30)(H,29,32). The number of amides is 3. The smallest absolute Gasteiger partial charge is 0.293 e. The molecule has 0 bridgehead atoms. The number of halogens is 2. The number of rotatable bonds is 7. The number of nitrogens with two attached hydrogens (primary N) is 1. The number of hydrogen-bond donors (Lipinski definition) is 4. The van der Waals surface area contributed by atoms with Crippen LogP contribution in [0.15, 0.2) is 53.3 Å². The van der Waals surface area contributed by atoms with Crippen LogP contribution >= 0.6 is 11.6 Å². The van der Waals surface area contributed by atoms with Crippen LogP contribution in [-0.2, 0) is 0 Å². The van der Waals surface area contributed by atoms with Crippen LogP contribution in [0.5, 0.6) is 0 Å². The summed E-state index contributed by atoms with van der Waals surface area (Å²) in [6.07, 6.45) is 0.997. The Morgan fingerprint density at radius 1 is 1.03 bits per heavy atom. The minimum Gasteiger partial charge on any atom is -0.437 e. The Bertz CT molecular complexity index is 1190. The molecule has 0 aliphatic rings. The van der Waals surface area contributed by atoms with Gasteiger partial charge in [-0.05, 0) is 56.3 Å². The molecule has 3 aromatic rings. The lowest BCUT2D eigenvalue weighted by Crippen LogP contribution is -2.45. The van der Waals surface area contributed by atoms with E-state index in [1.807, 2.05) is 0 Å². The van der Waals surface area contributed by atoms with E-state index in [4.69, 9.17) is 21.8 Å².